The van der Waals surface area contributed by atoms with Crippen LogP contribution in [0.2, 0.25) is 0 Å². The molecule has 0 unspecified atom stereocenters. The molecule has 6 heteroatoms. The van der Waals surface area contributed by atoms with E-state index in [9.17, 15) is 10.1 Å². The average Bonchev–Trinajstić information content (AvgIpc) is 2.38. The molecule has 1 heterocycles. The van der Waals surface area contributed by atoms with E-state index in [0.29, 0.717) is 37.7 Å². The van der Waals surface area contributed by atoms with Gasteiger partial charge in [0.2, 0.25) is 0 Å². The highest BCUT2D eigenvalue weighted by Crippen LogP contribution is 2.39. The van der Waals surface area contributed by atoms with Crippen LogP contribution >= 0.6 is 0 Å². The van der Waals surface area contributed by atoms with Crippen LogP contribution in [0.15, 0.2) is 18.2 Å². The quantitative estimate of drug-likeness (QED) is 0.678. The van der Waals surface area contributed by atoms with Gasteiger partial charge in [0, 0.05) is 13.1 Å². The number of nitro benzene ring substituents is 1. The maximum atomic E-state index is 11.5. The minimum Gasteiger partial charge on any atom is -0.380 e. The second-order valence-electron chi connectivity index (χ2n) is 5.48. The van der Waals surface area contributed by atoms with Crippen LogP contribution in [-0.4, -0.2) is 36.8 Å². The van der Waals surface area contributed by atoms with Crippen molar-refractivity contribution < 1.29 is 9.66 Å². The Labute approximate surface area is 118 Å². The van der Waals surface area contributed by atoms with Gasteiger partial charge in [0.15, 0.2) is 0 Å². The first kappa shape index (κ1) is 14.6. The van der Waals surface area contributed by atoms with E-state index in [1.165, 1.54) is 0 Å². The summed E-state index contributed by atoms with van der Waals surface area (Å²) < 4.78 is 5.49. The molecule has 1 fully saturated rings. The third kappa shape index (κ3) is 2.70. The van der Waals surface area contributed by atoms with Gasteiger partial charge in [-0.1, -0.05) is 6.07 Å². The fraction of sp³-hybridized carbons (Fsp3) is 0.571. The lowest BCUT2D eigenvalue weighted by Crippen LogP contribution is -2.53. The van der Waals surface area contributed by atoms with E-state index in [1.807, 2.05) is 32.9 Å². The molecule has 1 saturated heterocycles. The van der Waals surface area contributed by atoms with Gasteiger partial charge in [0.1, 0.15) is 11.4 Å². The van der Waals surface area contributed by atoms with Crippen molar-refractivity contribution in [2.45, 2.75) is 26.3 Å². The molecule has 0 atom stereocenters. The maximum Gasteiger partial charge on any atom is 0.315 e. The normalized spacial score (nSPS) is 17.9. The fourth-order valence-corrected chi connectivity index (χ4v) is 2.58. The molecule has 1 aliphatic heterocycles. The molecule has 0 radical (unpaired) electrons. The first-order valence-corrected chi connectivity index (χ1v) is 6.84. The number of morpholine rings is 1. The van der Waals surface area contributed by atoms with Crippen molar-refractivity contribution in [3.05, 3.63) is 28.3 Å². The Morgan fingerprint density at radius 1 is 1.50 bits per heavy atom. The van der Waals surface area contributed by atoms with Gasteiger partial charge in [-0.05, 0) is 32.9 Å². The topological polar surface area (TPSA) is 67.6 Å². The molecule has 0 aliphatic carbocycles. The first-order chi connectivity index (χ1) is 9.47. The van der Waals surface area contributed by atoms with Crippen molar-refractivity contribution in [2.75, 3.05) is 36.5 Å². The van der Waals surface area contributed by atoms with E-state index >= 15 is 0 Å². The minimum absolute atomic E-state index is 0.143. The zero-order valence-corrected chi connectivity index (χ0v) is 12.2. The van der Waals surface area contributed by atoms with E-state index in [4.69, 9.17) is 4.74 Å². The molecular formula is C14H21N3O3. The number of hydrogen-bond donors (Lipinski definition) is 1. The molecule has 0 aromatic heterocycles. The van der Waals surface area contributed by atoms with Crippen LogP contribution in [0.25, 0.3) is 0 Å². The molecule has 0 spiro atoms. The molecule has 110 valence electrons. The zero-order chi connectivity index (χ0) is 14.8. The lowest BCUT2D eigenvalue weighted by atomic mass is 10.0. The largest absolute Gasteiger partial charge is 0.380 e. The summed E-state index contributed by atoms with van der Waals surface area (Å²) >= 11 is 0. The first-order valence-electron chi connectivity index (χ1n) is 6.84. The van der Waals surface area contributed by atoms with E-state index in [-0.39, 0.29) is 16.1 Å². The summed E-state index contributed by atoms with van der Waals surface area (Å²) in [5.74, 6) is 0. The SMILES string of the molecule is CCNc1cccc(N2CCOCC2(C)C)c1[N+](=O)[O-]. The predicted octanol–water partition coefficient (Wildman–Crippen LogP) is 2.64. The van der Waals surface area contributed by atoms with E-state index < -0.39 is 0 Å². The number of ether oxygens (including phenoxy) is 1. The Hall–Kier alpha value is -1.82. The third-order valence-electron chi connectivity index (χ3n) is 3.50. The molecule has 1 aliphatic rings. The van der Waals surface area contributed by atoms with Crippen LogP contribution in [0.1, 0.15) is 20.8 Å². The number of nitrogens with one attached hydrogen (secondary N) is 1. The van der Waals surface area contributed by atoms with Gasteiger partial charge in [-0.15, -0.1) is 0 Å². The molecule has 1 aromatic carbocycles. The highest BCUT2D eigenvalue weighted by molar-refractivity contribution is 5.77. The molecule has 20 heavy (non-hydrogen) atoms. The smallest absolute Gasteiger partial charge is 0.315 e. The molecule has 1 N–H and O–H groups in total. The second kappa shape index (κ2) is 5.66. The van der Waals surface area contributed by atoms with Crippen LogP contribution in [0, 0.1) is 10.1 Å². The number of para-hydroxylation sites is 1. The summed E-state index contributed by atoms with van der Waals surface area (Å²) in [6.45, 7) is 8.46. The van der Waals surface area contributed by atoms with Gasteiger partial charge in [0.05, 0.1) is 23.7 Å². The summed E-state index contributed by atoms with van der Waals surface area (Å²) in [6, 6.07) is 5.41. The Morgan fingerprint density at radius 3 is 2.85 bits per heavy atom. The number of rotatable bonds is 4. The van der Waals surface area contributed by atoms with Crippen molar-refractivity contribution in [3.63, 3.8) is 0 Å². The molecule has 0 bridgehead atoms. The third-order valence-corrected chi connectivity index (χ3v) is 3.50. The number of hydrogen-bond acceptors (Lipinski definition) is 5. The summed E-state index contributed by atoms with van der Waals surface area (Å²) in [4.78, 5) is 13.2. The van der Waals surface area contributed by atoms with E-state index in [0.717, 1.165) is 0 Å². The number of benzene rings is 1. The van der Waals surface area contributed by atoms with Gasteiger partial charge >= 0.3 is 5.69 Å². The summed E-state index contributed by atoms with van der Waals surface area (Å²) in [7, 11) is 0. The van der Waals surface area contributed by atoms with Crippen molar-refractivity contribution in [3.8, 4) is 0 Å². The van der Waals surface area contributed by atoms with E-state index in [2.05, 4.69) is 10.2 Å². The van der Waals surface area contributed by atoms with Crippen LogP contribution < -0.4 is 10.2 Å². The van der Waals surface area contributed by atoms with Crippen molar-refractivity contribution in [1.82, 2.24) is 0 Å². The molecule has 0 saturated carbocycles. The Bertz CT molecular complexity index is 502. The van der Waals surface area contributed by atoms with Crippen LogP contribution in [0.3, 0.4) is 0 Å². The second-order valence-corrected chi connectivity index (χ2v) is 5.48. The van der Waals surface area contributed by atoms with Crippen LogP contribution in [0.5, 0.6) is 0 Å². The van der Waals surface area contributed by atoms with Crippen molar-refractivity contribution >= 4 is 17.1 Å². The van der Waals surface area contributed by atoms with Crippen molar-refractivity contribution in [1.29, 1.82) is 0 Å². The minimum atomic E-state index is -0.307. The standard InChI is InChI=1S/C14H21N3O3/c1-4-15-11-6-5-7-12(13(11)17(18)19)16-8-9-20-10-14(16,2)3/h5-7,15H,4,8-10H2,1-3H3. The lowest BCUT2D eigenvalue weighted by molar-refractivity contribution is -0.383. The highest BCUT2D eigenvalue weighted by Gasteiger charge is 2.35. The number of nitrogens with zero attached hydrogens (tertiary/aromatic N) is 2. The van der Waals surface area contributed by atoms with Crippen LogP contribution in [-0.2, 0) is 4.74 Å². The molecule has 6 nitrogen and oxygen atoms in total. The number of nitro groups is 1. The molecular weight excluding hydrogens is 258 g/mol. The fourth-order valence-electron chi connectivity index (χ4n) is 2.58. The highest BCUT2D eigenvalue weighted by atomic mass is 16.6. The summed E-state index contributed by atoms with van der Waals surface area (Å²) in [6.07, 6.45) is 0. The van der Waals surface area contributed by atoms with Crippen molar-refractivity contribution in [2.24, 2.45) is 0 Å². The Kier molecular flexibility index (Phi) is 4.13. The molecule has 1 aromatic rings. The lowest BCUT2D eigenvalue weighted by Gasteiger charge is -2.43. The van der Waals surface area contributed by atoms with Gasteiger partial charge < -0.3 is 15.0 Å². The van der Waals surface area contributed by atoms with E-state index in [1.54, 1.807) is 6.07 Å². The number of anilines is 2. The average molecular weight is 279 g/mol. The van der Waals surface area contributed by atoms with Gasteiger partial charge in [-0.2, -0.15) is 0 Å². The van der Waals surface area contributed by atoms with Gasteiger partial charge in [-0.3, -0.25) is 10.1 Å². The van der Waals surface area contributed by atoms with Crippen LogP contribution in [0.4, 0.5) is 17.1 Å². The predicted molar refractivity (Wildman–Crippen MR) is 79.5 cm³/mol. The monoisotopic (exact) mass is 279 g/mol. The Morgan fingerprint density at radius 2 is 2.25 bits per heavy atom. The summed E-state index contributed by atoms with van der Waals surface area (Å²) in [5.41, 5.74) is 1.11. The van der Waals surface area contributed by atoms with Gasteiger partial charge in [0.25, 0.3) is 0 Å². The summed E-state index contributed by atoms with van der Waals surface area (Å²) in [5, 5.41) is 14.5. The Balaban J connectivity index is 2.50. The molecule has 0 amide bonds. The molecule has 2 rings (SSSR count). The van der Waals surface area contributed by atoms with Gasteiger partial charge in [-0.25, -0.2) is 0 Å². The zero-order valence-electron chi connectivity index (χ0n) is 12.2. The maximum absolute atomic E-state index is 11.5.